The van der Waals surface area contributed by atoms with Crippen molar-refractivity contribution in [3.05, 3.63) is 34.2 Å². The molecular formula is C8H10ClNO. The lowest BCUT2D eigenvalue weighted by atomic mass is 10.3. The summed E-state index contributed by atoms with van der Waals surface area (Å²) in [6, 6.07) is 5.19. The van der Waals surface area contributed by atoms with Crippen LogP contribution in [-0.4, -0.2) is 10.4 Å². The molecule has 0 aliphatic rings. The highest BCUT2D eigenvalue weighted by molar-refractivity contribution is 6.17. The zero-order valence-corrected chi connectivity index (χ0v) is 7.14. The third kappa shape index (κ3) is 1.84. The standard InChI is InChI=1S/C8H10ClNO/c1-7-3-2-4-8(11)10(7)6-5-9/h2-4H,5-6H2,1H3. The number of pyridine rings is 1. The van der Waals surface area contributed by atoms with E-state index in [0.29, 0.717) is 12.4 Å². The van der Waals surface area contributed by atoms with E-state index < -0.39 is 0 Å². The lowest BCUT2D eigenvalue weighted by Gasteiger charge is -2.05. The molecule has 0 saturated carbocycles. The van der Waals surface area contributed by atoms with Gasteiger partial charge in [-0.2, -0.15) is 0 Å². The van der Waals surface area contributed by atoms with Gasteiger partial charge in [0.05, 0.1) is 0 Å². The van der Waals surface area contributed by atoms with E-state index in [9.17, 15) is 4.79 Å². The number of halogens is 1. The highest BCUT2D eigenvalue weighted by atomic mass is 35.5. The van der Waals surface area contributed by atoms with Gasteiger partial charge in [-0.3, -0.25) is 4.79 Å². The van der Waals surface area contributed by atoms with Crippen molar-refractivity contribution in [3.63, 3.8) is 0 Å². The Morgan fingerprint density at radius 1 is 1.55 bits per heavy atom. The van der Waals surface area contributed by atoms with E-state index in [4.69, 9.17) is 11.6 Å². The summed E-state index contributed by atoms with van der Waals surface area (Å²) in [5, 5.41) is 0. The summed E-state index contributed by atoms with van der Waals surface area (Å²) < 4.78 is 1.66. The van der Waals surface area contributed by atoms with E-state index >= 15 is 0 Å². The van der Waals surface area contributed by atoms with E-state index in [1.807, 2.05) is 13.0 Å². The molecule has 1 heterocycles. The minimum absolute atomic E-state index is 0.0191. The van der Waals surface area contributed by atoms with Crippen molar-refractivity contribution in [1.29, 1.82) is 0 Å². The number of nitrogens with zero attached hydrogens (tertiary/aromatic N) is 1. The fraction of sp³-hybridized carbons (Fsp3) is 0.375. The Morgan fingerprint density at radius 2 is 2.27 bits per heavy atom. The lowest BCUT2D eigenvalue weighted by molar-refractivity contribution is 0.705. The molecule has 3 heteroatoms. The highest BCUT2D eigenvalue weighted by Gasteiger charge is 1.95. The second-order valence-corrected chi connectivity index (χ2v) is 2.72. The first-order valence-electron chi connectivity index (χ1n) is 3.48. The summed E-state index contributed by atoms with van der Waals surface area (Å²) in [6.07, 6.45) is 0. The first kappa shape index (κ1) is 8.34. The van der Waals surface area contributed by atoms with E-state index in [-0.39, 0.29) is 5.56 Å². The van der Waals surface area contributed by atoms with Crippen molar-refractivity contribution < 1.29 is 0 Å². The summed E-state index contributed by atoms with van der Waals surface area (Å²) >= 11 is 5.52. The predicted octanol–water partition coefficient (Wildman–Crippen LogP) is 1.40. The molecule has 1 rings (SSSR count). The maximum Gasteiger partial charge on any atom is 0.250 e. The molecule has 0 aromatic carbocycles. The summed E-state index contributed by atoms with van der Waals surface area (Å²) in [5.74, 6) is 0.477. The molecule has 0 bridgehead atoms. The van der Waals surface area contributed by atoms with E-state index in [2.05, 4.69) is 0 Å². The molecule has 60 valence electrons. The van der Waals surface area contributed by atoms with E-state index in [1.165, 1.54) is 0 Å². The molecule has 0 fully saturated rings. The number of aromatic nitrogens is 1. The normalized spacial score (nSPS) is 10.0. The number of hydrogen-bond acceptors (Lipinski definition) is 1. The Balaban J connectivity index is 3.10. The average molecular weight is 172 g/mol. The Labute approximate surface area is 70.4 Å². The molecular weight excluding hydrogens is 162 g/mol. The molecule has 2 nitrogen and oxygen atoms in total. The van der Waals surface area contributed by atoms with Crippen LogP contribution < -0.4 is 5.56 Å². The second kappa shape index (κ2) is 3.58. The van der Waals surface area contributed by atoms with Crippen LogP contribution in [0.1, 0.15) is 5.69 Å². The number of aryl methyl sites for hydroxylation is 1. The van der Waals surface area contributed by atoms with Gasteiger partial charge in [-0.15, -0.1) is 11.6 Å². The third-order valence-corrected chi connectivity index (χ3v) is 1.75. The predicted molar refractivity (Wildman–Crippen MR) is 46.2 cm³/mol. The number of alkyl halides is 1. The zero-order chi connectivity index (χ0) is 8.27. The summed E-state index contributed by atoms with van der Waals surface area (Å²) in [6.45, 7) is 2.49. The largest absolute Gasteiger partial charge is 0.312 e. The van der Waals surface area contributed by atoms with Crippen LogP contribution >= 0.6 is 11.6 Å². The SMILES string of the molecule is Cc1cccc(=O)n1CCCl. The van der Waals surface area contributed by atoms with Crippen molar-refractivity contribution in [1.82, 2.24) is 4.57 Å². The van der Waals surface area contributed by atoms with Crippen molar-refractivity contribution in [2.75, 3.05) is 5.88 Å². The minimum atomic E-state index is 0.0191. The third-order valence-electron chi connectivity index (χ3n) is 1.58. The Bertz CT molecular complexity index is 292. The molecule has 11 heavy (non-hydrogen) atoms. The maximum atomic E-state index is 11.1. The fourth-order valence-electron chi connectivity index (χ4n) is 0.995. The van der Waals surface area contributed by atoms with Crippen molar-refractivity contribution in [3.8, 4) is 0 Å². The molecule has 0 saturated heterocycles. The van der Waals surface area contributed by atoms with Crippen LogP contribution in [0.4, 0.5) is 0 Å². The number of rotatable bonds is 2. The highest BCUT2D eigenvalue weighted by Crippen LogP contribution is 1.93. The first-order valence-corrected chi connectivity index (χ1v) is 4.01. The van der Waals surface area contributed by atoms with Crippen molar-refractivity contribution in [2.24, 2.45) is 0 Å². The molecule has 0 radical (unpaired) electrons. The average Bonchev–Trinajstić information content (AvgIpc) is 1.97. The van der Waals surface area contributed by atoms with Crippen molar-refractivity contribution in [2.45, 2.75) is 13.5 Å². The molecule has 1 aromatic heterocycles. The molecule has 0 atom stereocenters. The van der Waals surface area contributed by atoms with Crippen LogP contribution in [0.5, 0.6) is 0 Å². The van der Waals surface area contributed by atoms with Gasteiger partial charge in [0.15, 0.2) is 0 Å². The van der Waals surface area contributed by atoms with Crippen LogP contribution in [0.15, 0.2) is 23.0 Å². The van der Waals surface area contributed by atoms with Crippen LogP contribution in [-0.2, 0) is 6.54 Å². The quantitative estimate of drug-likeness (QED) is 0.617. The summed E-state index contributed by atoms with van der Waals surface area (Å²) in [7, 11) is 0. The van der Waals surface area contributed by atoms with Crippen LogP contribution in [0.25, 0.3) is 0 Å². The lowest BCUT2D eigenvalue weighted by Crippen LogP contribution is -2.21. The van der Waals surface area contributed by atoms with Crippen molar-refractivity contribution >= 4 is 11.6 Å². The summed E-state index contributed by atoms with van der Waals surface area (Å²) in [5.41, 5.74) is 0.976. The Kier molecular flexibility index (Phi) is 2.71. The monoisotopic (exact) mass is 171 g/mol. The maximum absolute atomic E-state index is 11.1. The molecule has 0 aliphatic carbocycles. The molecule has 0 unspecified atom stereocenters. The first-order chi connectivity index (χ1) is 5.25. The van der Waals surface area contributed by atoms with Gasteiger partial charge in [0.2, 0.25) is 0 Å². The van der Waals surface area contributed by atoms with Gasteiger partial charge < -0.3 is 4.57 Å². The van der Waals surface area contributed by atoms with Crippen LogP contribution in [0.3, 0.4) is 0 Å². The second-order valence-electron chi connectivity index (χ2n) is 2.35. The Morgan fingerprint density at radius 3 is 2.82 bits per heavy atom. The van der Waals surface area contributed by atoms with E-state index in [0.717, 1.165) is 5.69 Å². The van der Waals surface area contributed by atoms with Crippen LogP contribution in [0, 0.1) is 6.92 Å². The van der Waals surface area contributed by atoms with Gasteiger partial charge in [-0.05, 0) is 13.0 Å². The Hall–Kier alpha value is -0.760. The fourth-order valence-corrected chi connectivity index (χ4v) is 1.16. The van der Waals surface area contributed by atoms with Gasteiger partial charge in [0.25, 0.3) is 5.56 Å². The van der Waals surface area contributed by atoms with E-state index in [1.54, 1.807) is 16.7 Å². The van der Waals surface area contributed by atoms with Gasteiger partial charge in [-0.25, -0.2) is 0 Å². The molecule has 1 aromatic rings. The molecule has 0 N–H and O–H groups in total. The van der Waals surface area contributed by atoms with Gasteiger partial charge in [0.1, 0.15) is 0 Å². The number of hydrogen-bond donors (Lipinski definition) is 0. The van der Waals surface area contributed by atoms with Crippen LogP contribution in [0.2, 0.25) is 0 Å². The smallest absolute Gasteiger partial charge is 0.250 e. The molecule has 0 amide bonds. The molecule has 0 spiro atoms. The topological polar surface area (TPSA) is 22.0 Å². The zero-order valence-electron chi connectivity index (χ0n) is 6.38. The summed E-state index contributed by atoms with van der Waals surface area (Å²) in [4.78, 5) is 11.1. The van der Waals surface area contributed by atoms with Gasteiger partial charge in [0, 0.05) is 24.2 Å². The molecule has 0 aliphatic heterocycles. The van der Waals surface area contributed by atoms with Gasteiger partial charge >= 0.3 is 0 Å². The van der Waals surface area contributed by atoms with Gasteiger partial charge in [-0.1, -0.05) is 6.07 Å². The minimum Gasteiger partial charge on any atom is -0.312 e.